The van der Waals surface area contributed by atoms with Crippen LogP contribution in [0.1, 0.15) is 35.5 Å². The molecular weight excluding hydrogens is 342 g/mol. The van der Waals surface area contributed by atoms with Crippen LogP contribution in [0.15, 0.2) is 23.6 Å². The number of likely N-dealkylation sites (tertiary alicyclic amines) is 1. The SMILES string of the molecule is Cc1cc(Cl)ccc1NC(=O)Cc1csc(CN2CCCCC2)n1. The number of rotatable bonds is 5. The molecule has 1 aliphatic heterocycles. The number of nitrogens with zero attached hydrogens (tertiary/aromatic N) is 2. The van der Waals surface area contributed by atoms with Crippen molar-refractivity contribution < 1.29 is 4.79 Å². The van der Waals surface area contributed by atoms with Gasteiger partial charge in [-0.25, -0.2) is 4.98 Å². The molecule has 1 saturated heterocycles. The lowest BCUT2D eigenvalue weighted by molar-refractivity contribution is -0.115. The third-order valence-electron chi connectivity index (χ3n) is 4.21. The quantitative estimate of drug-likeness (QED) is 0.862. The maximum atomic E-state index is 12.2. The highest BCUT2D eigenvalue weighted by molar-refractivity contribution is 7.09. The number of hydrogen-bond acceptors (Lipinski definition) is 4. The molecule has 2 aromatic rings. The molecule has 1 aromatic heterocycles. The minimum atomic E-state index is -0.0461. The number of aryl methyl sites for hydroxylation is 1. The monoisotopic (exact) mass is 363 g/mol. The van der Waals surface area contributed by atoms with Gasteiger partial charge in [0.1, 0.15) is 5.01 Å². The Balaban J connectivity index is 1.54. The van der Waals surface area contributed by atoms with E-state index in [0.717, 1.165) is 41.6 Å². The highest BCUT2D eigenvalue weighted by Crippen LogP contribution is 2.20. The molecule has 128 valence electrons. The molecule has 0 aliphatic carbocycles. The fraction of sp³-hybridized carbons (Fsp3) is 0.444. The molecule has 1 amide bonds. The average Bonchev–Trinajstić information content (AvgIpc) is 2.98. The minimum Gasteiger partial charge on any atom is -0.326 e. The Morgan fingerprint density at radius 2 is 2.12 bits per heavy atom. The van der Waals surface area contributed by atoms with Gasteiger partial charge in [0.05, 0.1) is 18.7 Å². The van der Waals surface area contributed by atoms with Crippen LogP contribution in [0.4, 0.5) is 5.69 Å². The van der Waals surface area contributed by atoms with Crippen LogP contribution in [0.25, 0.3) is 0 Å². The summed E-state index contributed by atoms with van der Waals surface area (Å²) in [5, 5.41) is 6.70. The van der Waals surface area contributed by atoms with Gasteiger partial charge in [0.25, 0.3) is 0 Å². The Bertz CT molecular complexity index is 710. The third-order valence-corrected chi connectivity index (χ3v) is 5.33. The molecule has 0 spiro atoms. The number of piperidine rings is 1. The Hall–Kier alpha value is -1.43. The van der Waals surface area contributed by atoms with Gasteiger partial charge in [0.15, 0.2) is 0 Å². The molecular formula is C18H22ClN3OS. The maximum absolute atomic E-state index is 12.2. The number of amides is 1. The molecule has 0 saturated carbocycles. The number of anilines is 1. The van der Waals surface area contributed by atoms with Gasteiger partial charge in [-0.1, -0.05) is 18.0 Å². The molecule has 0 radical (unpaired) electrons. The van der Waals surface area contributed by atoms with Gasteiger partial charge in [-0.2, -0.15) is 0 Å². The summed E-state index contributed by atoms with van der Waals surface area (Å²) < 4.78 is 0. The van der Waals surface area contributed by atoms with Crippen molar-refractivity contribution in [1.29, 1.82) is 0 Å². The number of carbonyl (C=O) groups excluding carboxylic acids is 1. The lowest BCUT2D eigenvalue weighted by atomic mass is 10.1. The van der Waals surface area contributed by atoms with Gasteiger partial charge < -0.3 is 5.32 Å². The van der Waals surface area contributed by atoms with Crippen molar-refractivity contribution >= 4 is 34.5 Å². The molecule has 6 heteroatoms. The number of carbonyl (C=O) groups is 1. The van der Waals surface area contributed by atoms with Gasteiger partial charge in [0.2, 0.25) is 5.91 Å². The van der Waals surface area contributed by atoms with Crippen LogP contribution in [0.5, 0.6) is 0 Å². The summed E-state index contributed by atoms with van der Waals surface area (Å²) in [6.45, 7) is 5.15. The van der Waals surface area contributed by atoms with E-state index in [2.05, 4.69) is 15.2 Å². The van der Waals surface area contributed by atoms with Gasteiger partial charge in [-0.15, -0.1) is 11.3 Å². The second-order valence-corrected chi connectivity index (χ2v) is 7.63. The van der Waals surface area contributed by atoms with E-state index in [1.165, 1.54) is 19.3 Å². The second-order valence-electron chi connectivity index (χ2n) is 6.25. The van der Waals surface area contributed by atoms with E-state index < -0.39 is 0 Å². The van der Waals surface area contributed by atoms with Crippen molar-refractivity contribution in [3.8, 4) is 0 Å². The predicted molar refractivity (Wildman–Crippen MR) is 99.8 cm³/mol. The molecule has 3 rings (SSSR count). The average molecular weight is 364 g/mol. The molecule has 0 bridgehead atoms. The van der Waals surface area contributed by atoms with Crippen LogP contribution >= 0.6 is 22.9 Å². The number of benzene rings is 1. The standard InChI is InChI=1S/C18H22ClN3OS/c1-13-9-14(19)5-6-16(13)21-17(23)10-15-12-24-18(20-15)11-22-7-3-2-4-8-22/h5-6,9,12H,2-4,7-8,10-11H2,1H3,(H,21,23). The summed E-state index contributed by atoms with van der Waals surface area (Å²) in [7, 11) is 0. The van der Waals surface area contributed by atoms with E-state index in [0.29, 0.717) is 11.4 Å². The molecule has 1 fully saturated rings. The van der Waals surface area contributed by atoms with Crippen LogP contribution in [-0.4, -0.2) is 28.9 Å². The van der Waals surface area contributed by atoms with Gasteiger partial charge >= 0.3 is 0 Å². The van der Waals surface area contributed by atoms with Crippen molar-refractivity contribution in [3.63, 3.8) is 0 Å². The smallest absolute Gasteiger partial charge is 0.230 e. The van der Waals surface area contributed by atoms with E-state index in [4.69, 9.17) is 11.6 Å². The number of hydrogen-bond donors (Lipinski definition) is 1. The summed E-state index contributed by atoms with van der Waals surface area (Å²) in [4.78, 5) is 19.3. The first-order valence-electron chi connectivity index (χ1n) is 8.32. The number of halogens is 1. The largest absolute Gasteiger partial charge is 0.326 e. The molecule has 0 unspecified atom stereocenters. The van der Waals surface area contributed by atoms with Crippen LogP contribution in [0.2, 0.25) is 5.02 Å². The molecule has 1 N–H and O–H groups in total. The van der Waals surface area contributed by atoms with Crippen LogP contribution in [-0.2, 0) is 17.8 Å². The topological polar surface area (TPSA) is 45.2 Å². The van der Waals surface area contributed by atoms with Gasteiger partial charge in [-0.3, -0.25) is 9.69 Å². The summed E-state index contributed by atoms with van der Waals surface area (Å²) in [5.74, 6) is -0.0461. The van der Waals surface area contributed by atoms with Crippen molar-refractivity contribution in [1.82, 2.24) is 9.88 Å². The van der Waals surface area contributed by atoms with Gasteiger partial charge in [0, 0.05) is 16.1 Å². The van der Waals surface area contributed by atoms with Crippen LogP contribution in [0.3, 0.4) is 0 Å². The lowest BCUT2D eigenvalue weighted by Crippen LogP contribution is -2.29. The molecule has 2 heterocycles. The predicted octanol–water partition coefficient (Wildman–Crippen LogP) is 4.27. The fourth-order valence-electron chi connectivity index (χ4n) is 2.94. The van der Waals surface area contributed by atoms with Crippen molar-refractivity contribution in [2.45, 2.75) is 39.2 Å². The Labute approximate surface area is 151 Å². The first kappa shape index (κ1) is 17.4. The molecule has 24 heavy (non-hydrogen) atoms. The van der Waals surface area contributed by atoms with E-state index in [1.807, 2.05) is 24.4 Å². The normalized spacial score (nSPS) is 15.4. The van der Waals surface area contributed by atoms with Crippen molar-refractivity contribution in [2.24, 2.45) is 0 Å². The summed E-state index contributed by atoms with van der Waals surface area (Å²) in [6, 6.07) is 5.46. The Morgan fingerprint density at radius 3 is 2.88 bits per heavy atom. The Morgan fingerprint density at radius 1 is 1.33 bits per heavy atom. The summed E-state index contributed by atoms with van der Waals surface area (Å²) >= 11 is 7.59. The van der Waals surface area contributed by atoms with Crippen LogP contribution < -0.4 is 5.32 Å². The lowest BCUT2D eigenvalue weighted by Gasteiger charge is -2.25. The highest BCUT2D eigenvalue weighted by atomic mass is 35.5. The maximum Gasteiger partial charge on any atom is 0.230 e. The second kappa shape index (κ2) is 8.10. The van der Waals surface area contributed by atoms with E-state index in [1.54, 1.807) is 17.4 Å². The molecule has 4 nitrogen and oxygen atoms in total. The number of aromatic nitrogens is 1. The Kier molecular flexibility index (Phi) is 5.87. The van der Waals surface area contributed by atoms with Crippen molar-refractivity contribution in [3.05, 3.63) is 44.9 Å². The van der Waals surface area contributed by atoms with E-state index >= 15 is 0 Å². The van der Waals surface area contributed by atoms with E-state index in [9.17, 15) is 4.79 Å². The summed E-state index contributed by atoms with van der Waals surface area (Å²) in [6.07, 6.45) is 4.20. The zero-order chi connectivity index (χ0) is 16.9. The fourth-order valence-corrected chi connectivity index (χ4v) is 4.00. The molecule has 1 aliphatic rings. The van der Waals surface area contributed by atoms with Crippen LogP contribution in [0, 0.1) is 6.92 Å². The highest BCUT2D eigenvalue weighted by Gasteiger charge is 2.14. The third kappa shape index (κ3) is 4.79. The first-order valence-corrected chi connectivity index (χ1v) is 9.57. The molecule has 1 aromatic carbocycles. The number of nitrogens with one attached hydrogen (secondary N) is 1. The van der Waals surface area contributed by atoms with Gasteiger partial charge in [-0.05, 0) is 56.6 Å². The van der Waals surface area contributed by atoms with Crippen molar-refractivity contribution in [2.75, 3.05) is 18.4 Å². The molecule has 0 atom stereocenters. The first-order chi connectivity index (χ1) is 11.6. The number of thiazole rings is 1. The van der Waals surface area contributed by atoms with E-state index in [-0.39, 0.29) is 5.91 Å². The minimum absolute atomic E-state index is 0.0461. The zero-order valence-electron chi connectivity index (χ0n) is 13.8. The summed E-state index contributed by atoms with van der Waals surface area (Å²) in [5.41, 5.74) is 2.60. The zero-order valence-corrected chi connectivity index (χ0v) is 15.4.